The van der Waals surface area contributed by atoms with Gasteiger partial charge in [-0.2, -0.15) is 0 Å². The maximum Gasteiger partial charge on any atom is 0.306 e. The lowest BCUT2D eigenvalue weighted by Crippen LogP contribution is -2.46. The Morgan fingerprint density at radius 1 is 0.600 bits per heavy atom. The van der Waals surface area contributed by atoms with Gasteiger partial charge in [-0.1, -0.05) is 180 Å². The van der Waals surface area contributed by atoms with Gasteiger partial charge in [-0.25, -0.2) is 0 Å². The van der Waals surface area contributed by atoms with Crippen LogP contribution in [0.2, 0.25) is 0 Å². The Bertz CT molecular complexity index is 797. The van der Waals surface area contributed by atoms with Crippen LogP contribution < -0.4 is 5.32 Å². The number of aliphatic hydroxyl groups is 2. The van der Waals surface area contributed by atoms with Crippen molar-refractivity contribution < 1.29 is 24.5 Å². The molecule has 0 aromatic heterocycles. The third-order valence-corrected chi connectivity index (χ3v) is 9.79. The number of esters is 1. The van der Waals surface area contributed by atoms with Gasteiger partial charge in [0.2, 0.25) is 5.91 Å². The smallest absolute Gasteiger partial charge is 0.306 e. The van der Waals surface area contributed by atoms with Crippen molar-refractivity contribution >= 4 is 11.9 Å². The summed E-state index contributed by atoms with van der Waals surface area (Å²) < 4.78 is 5.87. The molecule has 3 atom stereocenters. The summed E-state index contributed by atoms with van der Waals surface area (Å²) in [6, 6.07) is -0.698. The monoisotopic (exact) mass is 706 g/mol. The number of ether oxygens (including phenoxy) is 1. The predicted molar refractivity (Wildman–Crippen MR) is 213 cm³/mol. The third kappa shape index (κ3) is 33.5. The van der Waals surface area contributed by atoms with Crippen LogP contribution in [0.15, 0.2) is 24.3 Å². The summed E-state index contributed by atoms with van der Waals surface area (Å²) in [7, 11) is 0. The molecular formula is C44H83NO5. The Kier molecular flexibility index (Phi) is 37.3. The zero-order chi connectivity index (χ0) is 36.8. The Morgan fingerprint density at radius 2 is 1.08 bits per heavy atom. The molecule has 1 amide bonds. The Morgan fingerprint density at radius 3 is 1.62 bits per heavy atom. The number of allylic oxidation sites excluding steroid dienone is 4. The lowest BCUT2D eigenvalue weighted by atomic mass is 10.0. The molecule has 0 fully saturated rings. The van der Waals surface area contributed by atoms with E-state index in [4.69, 9.17) is 4.74 Å². The third-order valence-electron chi connectivity index (χ3n) is 9.79. The maximum atomic E-state index is 13.1. The van der Waals surface area contributed by atoms with Crippen LogP contribution in [0, 0.1) is 0 Å². The quantitative estimate of drug-likeness (QED) is 0.0337. The van der Waals surface area contributed by atoms with E-state index in [0.717, 1.165) is 77.0 Å². The fourth-order valence-electron chi connectivity index (χ4n) is 6.53. The topological polar surface area (TPSA) is 95.9 Å². The van der Waals surface area contributed by atoms with Crippen LogP contribution in [-0.2, 0) is 14.3 Å². The summed E-state index contributed by atoms with van der Waals surface area (Å²) >= 11 is 0. The number of hydrogen-bond donors (Lipinski definition) is 3. The van der Waals surface area contributed by atoms with E-state index in [0.29, 0.717) is 19.3 Å². The first-order valence-corrected chi connectivity index (χ1v) is 21.6. The molecule has 0 saturated carbocycles. The summed E-state index contributed by atoms with van der Waals surface area (Å²) in [4.78, 5) is 25.8. The van der Waals surface area contributed by atoms with Crippen LogP contribution in [0.3, 0.4) is 0 Å². The van der Waals surface area contributed by atoms with Gasteiger partial charge in [-0.3, -0.25) is 9.59 Å². The van der Waals surface area contributed by atoms with Crippen LogP contribution in [-0.4, -0.2) is 46.9 Å². The lowest BCUT2D eigenvalue weighted by Gasteiger charge is -2.24. The number of hydrogen-bond acceptors (Lipinski definition) is 5. The first-order valence-electron chi connectivity index (χ1n) is 21.6. The fourth-order valence-corrected chi connectivity index (χ4v) is 6.53. The average Bonchev–Trinajstić information content (AvgIpc) is 3.10. The molecule has 0 aliphatic rings. The maximum absolute atomic E-state index is 13.1. The molecule has 0 spiro atoms. The molecular weight excluding hydrogens is 622 g/mol. The molecule has 6 nitrogen and oxygen atoms in total. The molecule has 0 radical (unpaired) electrons. The van der Waals surface area contributed by atoms with Gasteiger partial charge in [0.1, 0.15) is 6.10 Å². The van der Waals surface area contributed by atoms with Gasteiger partial charge in [-0.05, 0) is 51.4 Å². The highest BCUT2D eigenvalue weighted by molar-refractivity contribution is 5.77. The summed E-state index contributed by atoms with van der Waals surface area (Å²) in [5, 5.41) is 23.5. The van der Waals surface area contributed by atoms with Crippen LogP contribution in [0.5, 0.6) is 0 Å². The molecule has 0 aromatic rings. The molecule has 0 bridgehead atoms. The van der Waals surface area contributed by atoms with Crippen molar-refractivity contribution in [3.8, 4) is 0 Å². The molecule has 294 valence electrons. The van der Waals surface area contributed by atoms with Crippen molar-refractivity contribution in [1.82, 2.24) is 5.32 Å². The van der Waals surface area contributed by atoms with Gasteiger partial charge in [0.15, 0.2) is 0 Å². The number of nitrogens with one attached hydrogen (secondary N) is 1. The molecule has 0 aromatic carbocycles. The van der Waals surface area contributed by atoms with E-state index in [1.165, 1.54) is 96.3 Å². The predicted octanol–water partition coefficient (Wildman–Crippen LogP) is 12.0. The first kappa shape index (κ1) is 48.3. The van der Waals surface area contributed by atoms with E-state index in [1.54, 1.807) is 0 Å². The van der Waals surface area contributed by atoms with Gasteiger partial charge in [0.25, 0.3) is 0 Å². The highest BCUT2D eigenvalue weighted by atomic mass is 16.5. The second kappa shape index (κ2) is 38.6. The zero-order valence-corrected chi connectivity index (χ0v) is 33.3. The summed E-state index contributed by atoms with van der Waals surface area (Å²) in [5.74, 6) is -0.487. The van der Waals surface area contributed by atoms with Crippen molar-refractivity contribution in [3.63, 3.8) is 0 Å². The second-order valence-corrected chi connectivity index (χ2v) is 14.7. The molecule has 0 saturated heterocycles. The zero-order valence-electron chi connectivity index (χ0n) is 33.3. The van der Waals surface area contributed by atoms with Crippen molar-refractivity contribution in [1.29, 1.82) is 0 Å². The van der Waals surface area contributed by atoms with Crippen molar-refractivity contribution in [2.45, 2.75) is 238 Å². The molecule has 0 aliphatic heterocycles. The van der Waals surface area contributed by atoms with E-state index in [9.17, 15) is 19.8 Å². The van der Waals surface area contributed by atoms with Crippen LogP contribution in [0.4, 0.5) is 0 Å². The van der Waals surface area contributed by atoms with Gasteiger partial charge >= 0.3 is 5.97 Å². The normalized spacial score (nSPS) is 13.6. The van der Waals surface area contributed by atoms with E-state index in [-0.39, 0.29) is 24.9 Å². The number of aliphatic hydroxyl groups excluding tert-OH is 2. The summed E-state index contributed by atoms with van der Waals surface area (Å²) in [5.41, 5.74) is 0. The average molecular weight is 706 g/mol. The van der Waals surface area contributed by atoms with E-state index in [1.807, 2.05) is 0 Å². The van der Waals surface area contributed by atoms with Crippen LogP contribution in [0.1, 0.15) is 220 Å². The van der Waals surface area contributed by atoms with Crippen molar-refractivity contribution in [2.24, 2.45) is 0 Å². The van der Waals surface area contributed by atoms with E-state index < -0.39 is 18.2 Å². The van der Waals surface area contributed by atoms with Crippen LogP contribution >= 0.6 is 0 Å². The molecule has 0 aliphatic carbocycles. The van der Waals surface area contributed by atoms with Crippen molar-refractivity contribution in [2.75, 3.05) is 6.61 Å². The molecule has 6 heteroatoms. The largest absolute Gasteiger partial charge is 0.462 e. The SMILES string of the molecule is CC/C=C/C/C=C/CCCCCCCC(CC(=O)NC(CO)C(O)CCCCCCCCCCCC)OC(=O)CCCCCCCCCCC. The Hall–Kier alpha value is -1.66. The number of rotatable bonds is 38. The van der Waals surface area contributed by atoms with E-state index >= 15 is 0 Å². The number of carbonyl (C=O) groups is 2. The first-order chi connectivity index (χ1) is 24.5. The number of carbonyl (C=O) groups excluding carboxylic acids is 2. The van der Waals surface area contributed by atoms with Crippen LogP contribution in [0.25, 0.3) is 0 Å². The fraction of sp³-hybridized carbons (Fsp3) is 0.864. The Balaban J connectivity index is 4.61. The molecule has 3 N–H and O–H groups in total. The number of amides is 1. The van der Waals surface area contributed by atoms with Gasteiger partial charge in [0, 0.05) is 6.42 Å². The van der Waals surface area contributed by atoms with Gasteiger partial charge in [-0.15, -0.1) is 0 Å². The molecule has 0 rings (SSSR count). The number of unbranched alkanes of at least 4 members (excludes halogenated alkanes) is 22. The molecule has 50 heavy (non-hydrogen) atoms. The van der Waals surface area contributed by atoms with E-state index in [2.05, 4.69) is 50.4 Å². The molecule has 3 unspecified atom stereocenters. The molecule has 0 heterocycles. The van der Waals surface area contributed by atoms with Gasteiger partial charge < -0.3 is 20.3 Å². The second-order valence-electron chi connectivity index (χ2n) is 14.7. The minimum absolute atomic E-state index is 0.0717. The minimum atomic E-state index is -0.784. The van der Waals surface area contributed by atoms with Crippen molar-refractivity contribution in [3.05, 3.63) is 24.3 Å². The minimum Gasteiger partial charge on any atom is -0.462 e. The highest BCUT2D eigenvalue weighted by Crippen LogP contribution is 2.17. The van der Waals surface area contributed by atoms with Gasteiger partial charge in [0.05, 0.1) is 25.2 Å². The standard InChI is InChI=1S/C44H83NO5/c1-4-7-10-13-16-19-21-22-24-26-29-32-35-40(50-44(49)37-34-31-28-23-18-15-12-9-6-3)38-43(48)45-41(39-46)42(47)36-33-30-27-25-20-17-14-11-8-5-2/h7,10,16,19,40-42,46-47H,4-6,8-9,11-15,17-18,20-39H2,1-3H3,(H,45,48)/b10-7+,19-16+. The Labute approximate surface area is 310 Å². The lowest BCUT2D eigenvalue weighted by molar-refractivity contribution is -0.151. The summed E-state index contributed by atoms with van der Waals surface area (Å²) in [6.45, 7) is 6.33. The highest BCUT2D eigenvalue weighted by Gasteiger charge is 2.24. The summed E-state index contributed by atoms with van der Waals surface area (Å²) in [6.07, 6.45) is 41.0.